The van der Waals surface area contributed by atoms with Gasteiger partial charge in [0.05, 0.1) is 0 Å². The van der Waals surface area contributed by atoms with Crippen molar-refractivity contribution in [3.05, 3.63) is 33.4 Å². The largest absolute Gasteiger partial charge is 0.350 e. The highest BCUT2D eigenvalue weighted by Crippen LogP contribution is 2.35. The SMILES string of the molecule is O=C(NCC1(N2CCCCC2)CCCCC1)c1cccc(I)c1. The highest BCUT2D eigenvalue weighted by molar-refractivity contribution is 14.1. The van der Waals surface area contributed by atoms with Gasteiger partial charge in [0.2, 0.25) is 0 Å². The van der Waals surface area contributed by atoms with E-state index in [1.807, 2.05) is 24.3 Å². The Kier molecular flexibility index (Phi) is 5.96. The van der Waals surface area contributed by atoms with E-state index < -0.39 is 0 Å². The van der Waals surface area contributed by atoms with Gasteiger partial charge < -0.3 is 5.32 Å². The molecule has 1 heterocycles. The molecule has 23 heavy (non-hydrogen) atoms. The van der Waals surface area contributed by atoms with Crippen molar-refractivity contribution in [1.29, 1.82) is 0 Å². The highest BCUT2D eigenvalue weighted by atomic mass is 127. The first-order valence-corrected chi connectivity index (χ1v) is 10.1. The molecule has 0 radical (unpaired) electrons. The van der Waals surface area contributed by atoms with Crippen LogP contribution in [-0.2, 0) is 0 Å². The second-order valence-electron chi connectivity index (χ2n) is 7.03. The minimum absolute atomic E-state index is 0.0745. The van der Waals surface area contributed by atoms with Crippen molar-refractivity contribution in [1.82, 2.24) is 10.2 Å². The molecular weight excluding hydrogens is 399 g/mol. The van der Waals surface area contributed by atoms with Crippen molar-refractivity contribution in [2.24, 2.45) is 0 Å². The Bertz CT molecular complexity index is 534. The van der Waals surface area contributed by atoms with E-state index in [-0.39, 0.29) is 11.4 Å². The third kappa shape index (κ3) is 4.27. The third-order valence-electron chi connectivity index (χ3n) is 5.48. The molecule has 3 nitrogen and oxygen atoms in total. The summed E-state index contributed by atoms with van der Waals surface area (Å²) >= 11 is 2.26. The molecule has 2 fully saturated rings. The number of amides is 1. The van der Waals surface area contributed by atoms with Crippen molar-refractivity contribution >= 4 is 28.5 Å². The molecule has 1 saturated carbocycles. The van der Waals surface area contributed by atoms with E-state index in [1.54, 1.807) is 0 Å². The summed E-state index contributed by atoms with van der Waals surface area (Å²) in [6.07, 6.45) is 10.4. The first kappa shape index (κ1) is 17.2. The van der Waals surface area contributed by atoms with Gasteiger partial charge in [-0.2, -0.15) is 0 Å². The van der Waals surface area contributed by atoms with Crippen LogP contribution in [0.4, 0.5) is 0 Å². The predicted octanol–water partition coefficient (Wildman–Crippen LogP) is 4.21. The van der Waals surface area contributed by atoms with Crippen LogP contribution in [-0.4, -0.2) is 36.0 Å². The molecule has 1 aromatic carbocycles. The molecule has 2 aliphatic rings. The van der Waals surface area contributed by atoms with Gasteiger partial charge in [-0.15, -0.1) is 0 Å². The highest BCUT2D eigenvalue weighted by Gasteiger charge is 2.38. The Balaban J connectivity index is 1.67. The lowest BCUT2D eigenvalue weighted by molar-refractivity contribution is 0.0326. The number of nitrogens with one attached hydrogen (secondary N) is 1. The Morgan fingerprint density at radius 2 is 1.78 bits per heavy atom. The van der Waals surface area contributed by atoms with Gasteiger partial charge in [-0.1, -0.05) is 31.7 Å². The topological polar surface area (TPSA) is 32.3 Å². The number of benzene rings is 1. The van der Waals surface area contributed by atoms with E-state index in [4.69, 9.17) is 0 Å². The number of carbonyl (C=O) groups is 1. The number of rotatable bonds is 4. The molecule has 126 valence electrons. The lowest BCUT2D eigenvalue weighted by atomic mass is 9.79. The number of hydrogen-bond donors (Lipinski definition) is 1. The number of nitrogens with zero attached hydrogens (tertiary/aromatic N) is 1. The zero-order valence-electron chi connectivity index (χ0n) is 13.8. The molecule has 0 spiro atoms. The van der Waals surface area contributed by atoms with Crippen LogP contribution in [0.5, 0.6) is 0 Å². The smallest absolute Gasteiger partial charge is 0.251 e. The summed E-state index contributed by atoms with van der Waals surface area (Å²) in [4.78, 5) is 15.2. The Hall–Kier alpha value is -0.620. The van der Waals surface area contributed by atoms with Gasteiger partial charge >= 0.3 is 0 Å². The molecule has 1 aromatic rings. The van der Waals surface area contributed by atoms with Crippen molar-refractivity contribution in [3.8, 4) is 0 Å². The summed E-state index contributed by atoms with van der Waals surface area (Å²) in [5.41, 5.74) is 0.984. The van der Waals surface area contributed by atoms with Gasteiger partial charge in [0.15, 0.2) is 0 Å². The first-order chi connectivity index (χ1) is 11.2. The molecular formula is C19H27IN2O. The molecule has 1 aliphatic carbocycles. The van der Waals surface area contributed by atoms with Crippen LogP contribution in [0.25, 0.3) is 0 Å². The van der Waals surface area contributed by atoms with E-state index in [9.17, 15) is 4.79 Å². The molecule has 1 aliphatic heterocycles. The molecule has 4 heteroatoms. The van der Waals surface area contributed by atoms with Crippen LogP contribution in [0.1, 0.15) is 61.7 Å². The fourth-order valence-electron chi connectivity index (χ4n) is 4.16. The van der Waals surface area contributed by atoms with Crippen LogP contribution in [0.2, 0.25) is 0 Å². The van der Waals surface area contributed by atoms with Gasteiger partial charge in [-0.3, -0.25) is 9.69 Å². The lowest BCUT2D eigenvalue weighted by Crippen LogP contribution is -2.58. The first-order valence-electron chi connectivity index (χ1n) is 8.98. The van der Waals surface area contributed by atoms with Gasteiger partial charge in [0.25, 0.3) is 5.91 Å². The second kappa shape index (κ2) is 7.97. The van der Waals surface area contributed by atoms with E-state index in [0.717, 1.165) is 15.7 Å². The summed E-state index contributed by atoms with van der Waals surface area (Å²) in [5.74, 6) is 0.0745. The summed E-state index contributed by atoms with van der Waals surface area (Å²) in [7, 11) is 0. The standard InChI is InChI=1S/C19H27IN2O/c20-17-9-7-8-16(14-17)18(23)21-15-19(10-3-1-4-11-19)22-12-5-2-6-13-22/h7-9,14H,1-6,10-13,15H2,(H,21,23). The zero-order valence-corrected chi connectivity index (χ0v) is 16.0. The maximum atomic E-state index is 12.5. The van der Waals surface area contributed by atoms with Crippen molar-refractivity contribution in [3.63, 3.8) is 0 Å². The van der Waals surface area contributed by atoms with Crippen LogP contribution < -0.4 is 5.32 Å². The summed E-state index contributed by atoms with van der Waals surface area (Å²) in [5, 5.41) is 3.25. The Labute approximate surface area is 153 Å². The minimum atomic E-state index is 0.0745. The molecule has 1 saturated heterocycles. The number of carbonyl (C=O) groups excluding carboxylic acids is 1. The van der Waals surface area contributed by atoms with Crippen LogP contribution in [0.15, 0.2) is 24.3 Å². The molecule has 1 N–H and O–H groups in total. The van der Waals surface area contributed by atoms with Crippen LogP contribution >= 0.6 is 22.6 Å². The fourth-order valence-corrected chi connectivity index (χ4v) is 4.70. The molecule has 3 rings (SSSR count). The zero-order chi connectivity index (χ0) is 16.1. The Morgan fingerprint density at radius 1 is 1.09 bits per heavy atom. The number of halogens is 1. The van der Waals surface area contributed by atoms with E-state index in [2.05, 4.69) is 32.8 Å². The Morgan fingerprint density at radius 3 is 2.48 bits per heavy atom. The quantitative estimate of drug-likeness (QED) is 0.732. The normalized spacial score (nSPS) is 21.8. The predicted molar refractivity (Wildman–Crippen MR) is 103 cm³/mol. The average molecular weight is 426 g/mol. The lowest BCUT2D eigenvalue weighted by Gasteiger charge is -2.48. The van der Waals surface area contributed by atoms with Crippen molar-refractivity contribution in [2.75, 3.05) is 19.6 Å². The third-order valence-corrected chi connectivity index (χ3v) is 6.15. The van der Waals surface area contributed by atoms with Crippen LogP contribution in [0.3, 0.4) is 0 Å². The van der Waals surface area contributed by atoms with Gasteiger partial charge in [-0.05, 0) is 79.6 Å². The van der Waals surface area contributed by atoms with E-state index in [1.165, 1.54) is 64.5 Å². The van der Waals surface area contributed by atoms with Crippen molar-refractivity contribution in [2.45, 2.75) is 56.9 Å². The molecule has 0 aromatic heterocycles. The number of hydrogen-bond acceptors (Lipinski definition) is 2. The molecule has 0 bridgehead atoms. The molecule has 0 atom stereocenters. The van der Waals surface area contributed by atoms with Crippen molar-refractivity contribution < 1.29 is 4.79 Å². The monoisotopic (exact) mass is 426 g/mol. The minimum Gasteiger partial charge on any atom is -0.350 e. The van der Waals surface area contributed by atoms with Gasteiger partial charge in [0, 0.05) is 21.2 Å². The maximum absolute atomic E-state index is 12.5. The summed E-state index contributed by atoms with van der Waals surface area (Å²) in [6.45, 7) is 3.22. The average Bonchev–Trinajstić information content (AvgIpc) is 2.61. The fraction of sp³-hybridized carbons (Fsp3) is 0.632. The van der Waals surface area contributed by atoms with E-state index in [0.29, 0.717) is 0 Å². The maximum Gasteiger partial charge on any atom is 0.251 e. The number of likely N-dealkylation sites (tertiary alicyclic amines) is 1. The second-order valence-corrected chi connectivity index (χ2v) is 8.27. The molecule has 0 unspecified atom stereocenters. The summed E-state index contributed by atoms with van der Waals surface area (Å²) in [6, 6.07) is 7.85. The van der Waals surface area contributed by atoms with Crippen LogP contribution in [0, 0.1) is 3.57 Å². The molecule has 1 amide bonds. The number of piperidine rings is 1. The summed E-state index contributed by atoms with van der Waals surface area (Å²) < 4.78 is 1.11. The van der Waals surface area contributed by atoms with Gasteiger partial charge in [-0.25, -0.2) is 0 Å². The van der Waals surface area contributed by atoms with E-state index >= 15 is 0 Å². The van der Waals surface area contributed by atoms with Gasteiger partial charge in [0.1, 0.15) is 0 Å².